The summed E-state index contributed by atoms with van der Waals surface area (Å²) in [7, 11) is 0. The third-order valence-electron chi connectivity index (χ3n) is 3.32. The van der Waals surface area contributed by atoms with Crippen molar-refractivity contribution in [2.24, 2.45) is 0 Å². The molecular formula is C13H16BrNO6. The summed E-state index contributed by atoms with van der Waals surface area (Å²) in [4.78, 5) is 12.0. The van der Waals surface area contributed by atoms with Crippen LogP contribution in [0, 0.1) is 0 Å². The van der Waals surface area contributed by atoms with Crippen LogP contribution in [0.1, 0.15) is 10.4 Å². The van der Waals surface area contributed by atoms with E-state index in [2.05, 4.69) is 21.2 Å². The normalized spacial score (nSPS) is 36.2. The van der Waals surface area contributed by atoms with Crippen LogP contribution in [0.15, 0.2) is 30.3 Å². The molecule has 21 heavy (non-hydrogen) atoms. The first-order valence-electron chi connectivity index (χ1n) is 6.27. The van der Waals surface area contributed by atoms with Gasteiger partial charge in [-0.1, -0.05) is 18.2 Å². The van der Waals surface area contributed by atoms with Crippen LogP contribution in [0.5, 0.6) is 0 Å². The number of ether oxygens (including phenoxy) is 1. The molecule has 1 unspecified atom stereocenters. The maximum absolute atomic E-state index is 12.0. The Hall–Kier alpha value is -1.03. The van der Waals surface area contributed by atoms with Gasteiger partial charge in [-0.25, -0.2) is 0 Å². The Morgan fingerprint density at radius 3 is 2.52 bits per heavy atom. The van der Waals surface area contributed by atoms with Crippen LogP contribution < -0.4 is 5.32 Å². The molecule has 2 rings (SSSR count). The fourth-order valence-electron chi connectivity index (χ4n) is 2.09. The molecule has 0 saturated carbocycles. The molecule has 5 N–H and O–H groups in total. The van der Waals surface area contributed by atoms with Gasteiger partial charge in [0.2, 0.25) is 0 Å². The van der Waals surface area contributed by atoms with Gasteiger partial charge >= 0.3 is 0 Å². The van der Waals surface area contributed by atoms with Gasteiger partial charge in [0.15, 0.2) is 10.8 Å². The second-order valence-electron chi connectivity index (χ2n) is 4.74. The van der Waals surface area contributed by atoms with E-state index in [1.54, 1.807) is 30.3 Å². The Morgan fingerprint density at radius 1 is 1.33 bits per heavy atom. The lowest BCUT2D eigenvalue weighted by Gasteiger charge is -2.45. The van der Waals surface area contributed by atoms with Gasteiger partial charge in [-0.15, -0.1) is 0 Å². The summed E-state index contributed by atoms with van der Waals surface area (Å²) >= 11 is 2.86. The predicted molar refractivity (Wildman–Crippen MR) is 75.5 cm³/mol. The molecule has 0 aliphatic carbocycles. The molecule has 1 aromatic rings. The zero-order valence-electron chi connectivity index (χ0n) is 10.9. The second-order valence-corrected chi connectivity index (χ2v) is 6.01. The molecule has 7 nitrogen and oxygen atoms in total. The highest BCUT2D eigenvalue weighted by atomic mass is 79.9. The molecule has 8 heteroatoms. The zero-order chi connectivity index (χ0) is 15.6. The summed E-state index contributed by atoms with van der Waals surface area (Å²) in [6.07, 6.45) is -4.37. The number of carbonyl (C=O) groups excluding carboxylic acids is 1. The van der Waals surface area contributed by atoms with Crippen molar-refractivity contribution in [2.75, 3.05) is 6.61 Å². The molecule has 1 aromatic carbocycles. The third-order valence-corrected chi connectivity index (χ3v) is 4.30. The zero-order valence-corrected chi connectivity index (χ0v) is 12.5. The highest BCUT2D eigenvalue weighted by molar-refractivity contribution is 9.10. The van der Waals surface area contributed by atoms with Gasteiger partial charge in [0.1, 0.15) is 18.2 Å². The summed E-state index contributed by atoms with van der Waals surface area (Å²) < 4.78 is 3.01. The number of alkyl halides is 1. The summed E-state index contributed by atoms with van der Waals surface area (Å²) in [5, 5.41) is 41.5. The lowest BCUT2D eigenvalue weighted by molar-refractivity contribution is -0.261. The molecule has 0 spiro atoms. The number of aliphatic hydroxyl groups is 4. The van der Waals surface area contributed by atoms with Crippen LogP contribution in [0.2, 0.25) is 0 Å². The number of halogens is 1. The third kappa shape index (κ3) is 3.25. The van der Waals surface area contributed by atoms with Crippen LogP contribution in [-0.2, 0) is 4.74 Å². The molecule has 1 heterocycles. The second kappa shape index (κ2) is 6.39. The monoisotopic (exact) mass is 361 g/mol. The molecule has 1 amide bonds. The van der Waals surface area contributed by atoms with Crippen molar-refractivity contribution in [3.05, 3.63) is 35.9 Å². The van der Waals surface area contributed by atoms with Gasteiger partial charge in [0.05, 0.1) is 6.61 Å². The highest BCUT2D eigenvalue weighted by Crippen LogP contribution is 2.34. The SMILES string of the molecule is O=C(N[C@H]1C(O)O[C@H](CO)[C@](O)(Br)[C@@H]1O)c1ccccc1. The number of benzene rings is 1. The van der Waals surface area contributed by atoms with Crippen molar-refractivity contribution in [3.63, 3.8) is 0 Å². The topological polar surface area (TPSA) is 119 Å². The van der Waals surface area contributed by atoms with Gasteiger partial charge < -0.3 is 30.5 Å². The lowest BCUT2D eigenvalue weighted by Crippen LogP contribution is -2.68. The summed E-state index contributed by atoms with van der Waals surface area (Å²) in [5.41, 5.74) is 0.333. The van der Waals surface area contributed by atoms with E-state index in [9.17, 15) is 20.1 Å². The molecule has 1 aliphatic rings. The van der Waals surface area contributed by atoms with Gasteiger partial charge in [-0.05, 0) is 28.1 Å². The van der Waals surface area contributed by atoms with Crippen molar-refractivity contribution in [1.82, 2.24) is 5.32 Å². The van der Waals surface area contributed by atoms with E-state index in [0.29, 0.717) is 5.56 Å². The first-order valence-corrected chi connectivity index (χ1v) is 7.07. The fraction of sp³-hybridized carbons (Fsp3) is 0.462. The van der Waals surface area contributed by atoms with E-state index < -0.39 is 41.6 Å². The Balaban J connectivity index is 2.14. The molecule has 5 atom stereocenters. The maximum Gasteiger partial charge on any atom is 0.251 e. The largest absolute Gasteiger partial charge is 0.394 e. The molecule has 0 radical (unpaired) electrons. The molecular weight excluding hydrogens is 346 g/mol. The van der Waals surface area contributed by atoms with Crippen molar-refractivity contribution < 1.29 is 30.0 Å². The van der Waals surface area contributed by atoms with E-state index in [1.165, 1.54) is 0 Å². The molecule has 0 aromatic heterocycles. The van der Waals surface area contributed by atoms with Gasteiger partial charge in [0, 0.05) is 5.56 Å². The minimum Gasteiger partial charge on any atom is -0.394 e. The Labute approximate surface area is 129 Å². The van der Waals surface area contributed by atoms with Gasteiger partial charge in [0.25, 0.3) is 5.91 Å². The van der Waals surface area contributed by atoms with E-state index in [1.807, 2.05) is 0 Å². The average Bonchev–Trinajstić information content (AvgIpc) is 2.48. The minimum atomic E-state index is -1.99. The number of carbonyl (C=O) groups is 1. The van der Waals surface area contributed by atoms with E-state index in [4.69, 9.17) is 9.84 Å². The van der Waals surface area contributed by atoms with Gasteiger partial charge in [-0.3, -0.25) is 4.79 Å². The summed E-state index contributed by atoms with van der Waals surface area (Å²) in [6.45, 7) is -0.616. The molecule has 1 saturated heterocycles. The fourth-order valence-corrected chi connectivity index (χ4v) is 2.63. The van der Waals surface area contributed by atoms with Crippen molar-refractivity contribution >= 4 is 21.8 Å². The Morgan fingerprint density at radius 2 is 1.95 bits per heavy atom. The van der Waals surface area contributed by atoms with Crippen molar-refractivity contribution in [3.8, 4) is 0 Å². The van der Waals surface area contributed by atoms with Crippen molar-refractivity contribution in [1.29, 1.82) is 0 Å². The van der Waals surface area contributed by atoms with Crippen LogP contribution >= 0.6 is 15.9 Å². The minimum absolute atomic E-state index is 0.333. The van der Waals surface area contributed by atoms with Crippen LogP contribution in [0.3, 0.4) is 0 Å². The molecule has 116 valence electrons. The Kier molecular flexibility index (Phi) is 4.97. The summed E-state index contributed by atoms with van der Waals surface area (Å²) in [5.74, 6) is -0.534. The quantitative estimate of drug-likeness (QED) is 0.438. The van der Waals surface area contributed by atoms with Crippen LogP contribution in [0.25, 0.3) is 0 Å². The average molecular weight is 362 g/mol. The first-order chi connectivity index (χ1) is 9.87. The van der Waals surface area contributed by atoms with Crippen molar-refractivity contribution in [2.45, 2.75) is 29.1 Å². The number of nitrogens with one attached hydrogen (secondary N) is 1. The number of hydrogen-bond donors (Lipinski definition) is 5. The number of aliphatic hydroxyl groups excluding tert-OH is 3. The van der Waals surface area contributed by atoms with Crippen LogP contribution in [-0.4, -0.2) is 62.0 Å². The smallest absolute Gasteiger partial charge is 0.251 e. The summed E-state index contributed by atoms with van der Waals surface area (Å²) in [6, 6.07) is 6.95. The Bertz CT molecular complexity index is 497. The highest BCUT2D eigenvalue weighted by Gasteiger charge is 2.53. The van der Waals surface area contributed by atoms with Gasteiger partial charge in [-0.2, -0.15) is 0 Å². The molecule has 1 aliphatic heterocycles. The van der Waals surface area contributed by atoms with E-state index >= 15 is 0 Å². The number of rotatable bonds is 3. The number of amides is 1. The molecule has 0 bridgehead atoms. The van der Waals surface area contributed by atoms with E-state index in [0.717, 1.165) is 0 Å². The number of hydrogen-bond acceptors (Lipinski definition) is 6. The molecule has 1 fully saturated rings. The van der Waals surface area contributed by atoms with E-state index in [-0.39, 0.29) is 0 Å². The van der Waals surface area contributed by atoms with Crippen LogP contribution in [0.4, 0.5) is 0 Å². The lowest BCUT2D eigenvalue weighted by atomic mass is 9.96. The standard InChI is InChI=1S/C13H16BrNO6/c14-13(20)8(6-16)21-12(19)9(10(13)17)15-11(18)7-4-2-1-3-5-7/h1-5,8-10,12,16-17,19-20H,6H2,(H,15,18)/t8-,9-,10-,12?,13-/m1/s1. The first kappa shape index (κ1) is 16.3. The maximum atomic E-state index is 12.0. The predicted octanol–water partition coefficient (Wildman–Crippen LogP) is -1.06.